The molecule has 0 aliphatic heterocycles. The van der Waals surface area contributed by atoms with Crippen LogP contribution in [0.25, 0.3) is 0 Å². The van der Waals surface area contributed by atoms with E-state index in [0.717, 1.165) is 0 Å². The minimum absolute atomic E-state index is 0.173. The molecular formula is C19H21NO5. The van der Waals surface area contributed by atoms with Gasteiger partial charge in [0.25, 0.3) is 0 Å². The summed E-state index contributed by atoms with van der Waals surface area (Å²) < 4.78 is 10.6. The van der Waals surface area contributed by atoms with Gasteiger partial charge in [-0.15, -0.1) is 0 Å². The number of carbonyl (C=O) groups excluding carboxylic acids is 1. The molecule has 6 nitrogen and oxygen atoms in total. The van der Waals surface area contributed by atoms with E-state index in [1.165, 1.54) is 7.11 Å². The topological polar surface area (TPSA) is 84.9 Å². The van der Waals surface area contributed by atoms with Crippen LogP contribution >= 0.6 is 0 Å². The summed E-state index contributed by atoms with van der Waals surface area (Å²) >= 11 is 0. The summed E-state index contributed by atoms with van der Waals surface area (Å²) in [6.07, 6.45) is -0.0413. The molecular weight excluding hydrogens is 322 g/mol. The fraction of sp³-hybridized carbons (Fsp3) is 0.263. The minimum Gasteiger partial charge on any atom is -0.481 e. The van der Waals surface area contributed by atoms with Crippen LogP contribution in [-0.4, -0.2) is 30.7 Å². The molecule has 0 aliphatic rings. The number of aliphatic carboxylic acids is 1. The first-order chi connectivity index (χ1) is 12.1. The van der Waals surface area contributed by atoms with Crippen molar-refractivity contribution in [2.45, 2.75) is 18.9 Å². The standard InChI is InChI=1S/C19H21NO5/c1-24-11-10-18(21)20-17(13-19(22)23)14-6-5-9-16(12-14)25-15-7-3-2-4-8-15/h2-9,12,17H,10-11,13H2,1H3,(H,20,21)(H,22,23). The number of carbonyl (C=O) groups is 2. The lowest BCUT2D eigenvalue weighted by atomic mass is 10.0. The molecule has 0 saturated heterocycles. The number of carboxylic acids is 1. The van der Waals surface area contributed by atoms with Gasteiger partial charge >= 0.3 is 5.97 Å². The second-order valence-corrected chi connectivity index (χ2v) is 5.45. The fourth-order valence-electron chi connectivity index (χ4n) is 2.31. The number of amides is 1. The maximum atomic E-state index is 11.9. The van der Waals surface area contributed by atoms with Gasteiger partial charge in [-0.2, -0.15) is 0 Å². The van der Waals surface area contributed by atoms with Gasteiger partial charge < -0.3 is 19.9 Å². The lowest BCUT2D eigenvalue weighted by molar-refractivity contribution is -0.137. The third-order valence-electron chi connectivity index (χ3n) is 3.49. The van der Waals surface area contributed by atoms with Crippen LogP contribution in [0.4, 0.5) is 0 Å². The van der Waals surface area contributed by atoms with Crippen molar-refractivity contribution in [3.05, 3.63) is 60.2 Å². The highest BCUT2D eigenvalue weighted by molar-refractivity contribution is 5.77. The second-order valence-electron chi connectivity index (χ2n) is 5.45. The van der Waals surface area contributed by atoms with Gasteiger partial charge in [0.2, 0.25) is 5.91 Å². The molecule has 0 fully saturated rings. The van der Waals surface area contributed by atoms with E-state index in [-0.39, 0.29) is 25.4 Å². The van der Waals surface area contributed by atoms with Crippen molar-refractivity contribution in [2.75, 3.05) is 13.7 Å². The van der Waals surface area contributed by atoms with Crippen LogP contribution in [0.5, 0.6) is 11.5 Å². The van der Waals surface area contributed by atoms with Gasteiger partial charge in [0.15, 0.2) is 0 Å². The second kappa shape index (κ2) is 9.44. The molecule has 0 radical (unpaired) electrons. The fourth-order valence-corrected chi connectivity index (χ4v) is 2.31. The van der Waals surface area contributed by atoms with Crippen molar-refractivity contribution < 1.29 is 24.2 Å². The maximum absolute atomic E-state index is 11.9. The quantitative estimate of drug-likeness (QED) is 0.730. The van der Waals surface area contributed by atoms with Crippen LogP contribution in [-0.2, 0) is 14.3 Å². The van der Waals surface area contributed by atoms with Gasteiger partial charge in [-0.25, -0.2) is 0 Å². The number of hydrogen-bond donors (Lipinski definition) is 2. The number of hydrogen-bond acceptors (Lipinski definition) is 4. The number of rotatable bonds is 9. The van der Waals surface area contributed by atoms with Crippen LogP contribution < -0.4 is 10.1 Å². The molecule has 1 unspecified atom stereocenters. The monoisotopic (exact) mass is 343 g/mol. The van der Waals surface area contributed by atoms with Crippen LogP contribution in [0.1, 0.15) is 24.4 Å². The maximum Gasteiger partial charge on any atom is 0.305 e. The Morgan fingerprint density at radius 3 is 2.48 bits per heavy atom. The Kier molecular flexibility index (Phi) is 6.98. The van der Waals surface area contributed by atoms with Gasteiger partial charge in [-0.1, -0.05) is 30.3 Å². The normalized spacial score (nSPS) is 11.6. The highest BCUT2D eigenvalue weighted by Gasteiger charge is 2.18. The Hall–Kier alpha value is -2.86. The van der Waals surface area contributed by atoms with E-state index in [0.29, 0.717) is 17.1 Å². The Labute approximate surface area is 146 Å². The van der Waals surface area contributed by atoms with Crippen LogP contribution in [0, 0.1) is 0 Å². The number of methoxy groups -OCH3 is 1. The van der Waals surface area contributed by atoms with E-state index in [2.05, 4.69) is 5.32 Å². The van der Waals surface area contributed by atoms with Crippen molar-refractivity contribution in [2.24, 2.45) is 0 Å². The molecule has 1 amide bonds. The van der Waals surface area contributed by atoms with Gasteiger partial charge in [-0.3, -0.25) is 9.59 Å². The molecule has 0 heterocycles. The van der Waals surface area contributed by atoms with E-state index in [4.69, 9.17) is 14.6 Å². The van der Waals surface area contributed by atoms with E-state index >= 15 is 0 Å². The zero-order valence-corrected chi connectivity index (χ0v) is 14.0. The zero-order chi connectivity index (χ0) is 18.1. The Bertz CT molecular complexity index is 702. The molecule has 2 aromatic carbocycles. The number of nitrogens with one attached hydrogen (secondary N) is 1. The summed E-state index contributed by atoms with van der Waals surface area (Å²) in [5.74, 6) is -0.00213. The van der Waals surface area contributed by atoms with Crippen LogP contribution in [0.15, 0.2) is 54.6 Å². The minimum atomic E-state index is -0.994. The van der Waals surface area contributed by atoms with E-state index in [1.807, 2.05) is 30.3 Å². The third kappa shape index (κ3) is 6.27. The molecule has 2 aromatic rings. The van der Waals surface area contributed by atoms with Crippen molar-refractivity contribution >= 4 is 11.9 Å². The molecule has 0 aliphatic carbocycles. The number of carboxylic acid groups (broad SMARTS) is 1. The average Bonchev–Trinajstić information content (AvgIpc) is 2.60. The third-order valence-corrected chi connectivity index (χ3v) is 3.49. The first-order valence-electron chi connectivity index (χ1n) is 7.91. The van der Waals surface area contributed by atoms with Gasteiger partial charge in [-0.05, 0) is 29.8 Å². The molecule has 0 spiro atoms. The predicted octanol–water partition coefficient (Wildman–Crippen LogP) is 3.15. The first-order valence-corrected chi connectivity index (χ1v) is 7.91. The molecule has 2 rings (SSSR count). The summed E-state index contributed by atoms with van der Waals surface area (Å²) in [7, 11) is 1.51. The largest absolute Gasteiger partial charge is 0.481 e. The average molecular weight is 343 g/mol. The highest BCUT2D eigenvalue weighted by Crippen LogP contribution is 2.26. The molecule has 0 saturated carbocycles. The number of para-hydroxylation sites is 1. The smallest absolute Gasteiger partial charge is 0.305 e. The van der Waals surface area contributed by atoms with Crippen molar-refractivity contribution in [3.63, 3.8) is 0 Å². The van der Waals surface area contributed by atoms with E-state index < -0.39 is 12.0 Å². The van der Waals surface area contributed by atoms with Gasteiger partial charge in [0.1, 0.15) is 11.5 Å². The molecule has 25 heavy (non-hydrogen) atoms. The predicted molar refractivity (Wildman–Crippen MR) is 92.6 cm³/mol. The number of benzene rings is 2. The van der Waals surface area contributed by atoms with Crippen molar-refractivity contribution in [1.29, 1.82) is 0 Å². The van der Waals surface area contributed by atoms with E-state index in [9.17, 15) is 9.59 Å². The SMILES string of the molecule is COCCC(=O)NC(CC(=O)O)c1cccc(Oc2ccccc2)c1. The zero-order valence-electron chi connectivity index (χ0n) is 14.0. The van der Waals surface area contributed by atoms with Crippen LogP contribution in [0.2, 0.25) is 0 Å². The van der Waals surface area contributed by atoms with E-state index in [1.54, 1.807) is 24.3 Å². The Morgan fingerprint density at radius 2 is 1.80 bits per heavy atom. The highest BCUT2D eigenvalue weighted by atomic mass is 16.5. The van der Waals surface area contributed by atoms with Crippen molar-refractivity contribution in [3.8, 4) is 11.5 Å². The Morgan fingerprint density at radius 1 is 1.08 bits per heavy atom. The first kappa shape index (κ1) is 18.5. The molecule has 2 N–H and O–H groups in total. The van der Waals surface area contributed by atoms with Crippen molar-refractivity contribution in [1.82, 2.24) is 5.32 Å². The Balaban J connectivity index is 2.14. The summed E-state index contributed by atoms with van der Waals surface area (Å²) in [6.45, 7) is 0.281. The summed E-state index contributed by atoms with van der Waals surface area (Å²) in [6, 6.07) is 15.7. The molecule has 0 bridgehead atoms. The molecule has 0 aromatic heterocycles. The van der Waals surface area contributed by atoms with Crippen LogP contribution in [0.3, 0.4) is 0 Å². The van der Waals surface area contributed by atoms with Gasteiger partial charge in [0, 0.05) is 13.5 Å². The summed E-state index contributed by atoms with van der Waals surface area (Å²) in [4.78, 5) is 23.1. The molecule has 1 atom stereocenters. The summed E-state index contributed by atoms with van der Waals surface area (Å²) in [5.41, 5.74) is 0.668. The molecule has 6 heteroatoms. The number of ether oxygens (including phenoxy) is 2. The van der Waals surface area contributed by atoms with Gasteiger partial charge in [0.05, 0.1) is 19.1 Å². The lowest BCUT2D eigenvalue weighted by Crippen LogP contribution is -2.30. The molecule has 132 valence electrons. The summed E-state index contributed by atoms with van der Waals surface area (Å²) in [5, 5.41) is 11.9. The lowest BCUT2D eigenvalue weighted by Gasteiger charge is -2.18.